The Hall–Kier alpha value is -2.05. The summed E-state index contributed by atoms with van der Waals surface area (Å²) in [6.45, 7) is 0. The summed E-state index contributed by atoms with van der Waals surface area (Å²) in [5, 5.41) is 0. The van der Waals surface area contributed by atoms with E-state index in [9.17, 15) is 4.79 Å². The molecule has 0 saturated heterocycles. The van der Waals surface area contributed by atoms with Crippen LogP contribution in [0.15, 0.2) is 0 Å². The average Bonchev–Trinajstić information content (AvgIpc) is 2.26. The van der Waals surface area contributed by atoms with Gasteiger partial charge in [-0.3, -0.25) is 4.79 Å². The molecule has 0 aromatic carbocycles. The molecular formula is C8H11N3O4. The third-order valence-corrected chi connectivity index (χ3v) is 1.64. The Kier molecular flexibility index (Phi) is 3.27. The van der Waals surface area contributed by atoms with Crippen molar-refractivity contribution >= 4 is 5.91 Å². The van der Waals surface area contributed by atoms with Crippen LogP contribution >= 0.6 is 0 Å². The van der Waals surface area contributed by atoms with E-state index < -0.39 is 5.91 Å². The molecule has 0 saturated carbocycles. The lowest BCUT2D eigenvalue weighted by Gasteiger charge is -2.09. The minimum Gasteiger partial charge on any atom is -0.480 e. The number of aromatic nitrogens is 2. The van der Waals surface area contributed by atoms with Gasteiger partial charge in [0, 0.05) is 0 Å². The number of nitrogens with two attached hydrogens (primary N) is 1. The van der Waals surface area contributed by atoms with Crippen LogP contribution in [0, 0.1) is 0 Å². The van der Waals surface area contributed by atoms with Gasteiger partial charge in [0.15, 0.2) is 5.56 Å². The minimum absolute atomic E-state index is 0.0131. The quantitative estimate of drug-likeness (QED) is 0.731. The monoisotopic (exact) mass is 213 g/mol. The van der Waals surface area contributed by atoms with Crippen molar-refractivity contribution in [2.24, 2.45) is 5.73 Å². The Labute approximate surface area is 86.2 Å². The molecule has 0 aliphatic carbocycles. The van der Waals surface area contributed by atoms with Crippen LogP contribution in [0.2, 0.25) is 0 Å². The molecule has 82 valence electrons. The maximum Gasteiger partial charge on any atom is 0.322 e. The molecule has 0 atom stereocenters. The fraction of sp³-hybridized carbons (Fsp3) is 0.375. The van der Waals surface area contributed by atoms with Crippen molar-refractivity contribution in [3.63, 3.8) is 0 Å². The number of hydrogen-bond donors (Lipinski definition) is 1. The fourth-order valence-corrected chi connectivity index (χ4v) is 1.000. The van der Waals surface area contributed by atoms with Gasteiger partial charge in [-0.1, -0.05) is 0 Å². The maximum atomic E-state index is 11.1. The largest absolute Gasteiger partial charge is 0.480 e. The van der Waals surface area contributed by atoms with E-state index >= 15 is 0 Å². The highest BCUT2D eigenvalue weighted by Crippen LogP contribution is 2.26. The van der Waals surface area contributed by atoms with Crippen molar-refractivity contribution in [2.75, 3.05) is 21.3 Å². The van der Waals surface area contributed by atoms with Gasteiger partial charge in [-0.25, -0.2) is 0 Å². The van der Waals surface area contributed by atoms with E-state index in [1.807, 2.05) is 0 Å². The smallest absolute Gasteiger partial charge is 0.322 e. The lowest BCUT2D eigenvalue weighted by atomic mass is 10.3. The number of nitrogens with zero attached hydrogens (tertiary/aromatic N) is 2. The molecule has 7 nitrogen and oxygen atoms in total. The van der Waals surface area contributed by atoms with Crippen molar-refractivity contribution in [1.82, 2.24) is 9.97 Å². The maximum absolute atomic E-state index is 11.1. The Morgan fingerprint density at radius 2 is 1.53 bits per heavy atom. The highest BCUT2D eigenvalue weighted by atomic mass is 16.5. The van der Waals surface area contributed by atoms with Crippen molar-refractivity contribution in [1.29, 1.82) is 0 Å². The van der Waals surface area contributed by atoms with E-state index in [0.29, 0.717) is 0 Å². The van der Waals surface area contributed by atoms with Gasteiger partial charge in [0.1, 0.15) is 0 Å². The van der Waals surface area contributed by atoms with E-state index in [2.05, 4.69) is 9.97 Å². The molecule has 0 unspecified atom stereocenters. The first-order valence-corrected chi connectivity index (χ1v) is 3.97. The Balaban J connectivity index is 3.39. The van der Waals surface area contributed by atoms with Gasteiger partial charge >= 0.3 is 6.01 Å². The van der Waals surface area contributed by atoms with Gasteiger partial charge in [-0.15, -0.1) is 0 Å². The van der Waals surface area contributed by atoms with Gasteiger partial charge in [-0.05, 0) is 0 Å². The second-order valence-corrected chi connectivity index (χ2v) is 2.47. The summed E-state index contributed by atoms with van der Waals surface area (Å²) in [4.78, 5) is 18.7. The van der Waals surface area contributed by atoms with E-state index in [4.69, 9.17) is 19.9 Å². The molecule has 0 fully saturated rings. The summed E-state index contributed by atoms with van der Waals surface area (Å²) in [7, 11) is 4.10. The second kappa shape index (κ2) is 4.45. The van der Waals surface area contributed by atoms with Gasteiger partial charge < -0.3 is 19.9 Å². The summed E-state index contributed by atoms with van der Waals surface area (Å²) in [6, 6.07) is 0.0358. The molecular weight excluding hydrogens is 202 g/mol. The normalized spacial score (nSPS) is 9.53. The molecule has 1 amide bonds. The number of hydrogen-bond acceptors (Lipinski definition) is 6. The van der Waals surface area contributed by atoms with E-state index in [1.165, 1.54) is 21.3 Å². The first-order chi connectivity index (χ1) is 7.13. The molecule has 15 heavy (non-hydrogen) atoms. The van der Waals surface area contributed by atoms with Gasteiger partial charge in [0.2, 0.25) is 11.8 Å². The number of carbonyl (C=O) groups excluding carboxylic acids is 1. The number of rotatable bonds is 4. The highest BCUT2D eigenvalue weighted by molar-refractivity contribution is 5.97. The lowest BCUT2D eigenvalue weighted by molar-refractivity contribution is 0.0992. The van der Waals surface area contributed by atoms with E-state index in [1.54, 1.807) is 0 Å². The van der Waals surface area contributed by atoms with Crippen LogP contribution < -0.4 is 19.9 Å². The molecule has 0 aliphatic heterocycles. The number of methoxy groups -OCH3 is 3. The number of ether oxygens (including phenoxy) is 3. The third-order valence-electron chi connectivity index (χ3n) is 1.64. The number of primary amides is 1. The summed E-state index contributed by atoms with van der Waals surface area (Å²) in [6.07, 6.45) is 0. The van der Waals surface area contributed by atoms with Crippen molar-refractivity contribution in [3.05, 3.63) is 5.56 Å². The SMILES string of the molecule is COc1nc(OC)c(C(N)=O)c(OC)n1. The zero-order chi connectivity index (χ0) is 11.4. The Bertz CT molecular complexity index is 355. The van der Waals surface area contributed by atoms with Crippen molar-refractivity contribution in [3.8, 4) is 17.8 Å². The molecule has 0 aliphatic rings. The standard InChI is InChI=1S/C8H11N3O4/c1-13-6-4(5(9)12)7(14-2)11-8(10-6)15-3/h1-3H3,(H2,9,12). The highest BCUT2D eigenvalue weighted by Gasteiger charge is 2.20. The van der Waals surface area contributed by atoms with Crippen LogP contribution in [0.5, 0.6) is 17.8 Å². The second-order valence-electron chi connectivity index (χ2n) is 2.47. The molecule has 7 heteroatoms. The summed E-state index contributed by atoms with van der Waals surface area (Å²) < 4.78 is 14.6. The predicted molar refractivity (Wildman–Crippen MR) is 50.2 cm³/mol. The number of carbonyl (C=O) groups is 1. The van der Waals surface area contributed by atoms with Crippen LogP contribution in [0.4, 0.5) is 0 Å². The van der Waals surface area contributed by atoms with E-state index in [-0.39, 0.29) is 23.3 Å². The first kappa shape index (κ1) is 11.0. The molecule has 2 N–H and O–H groups in total. The van der Waals surface area contributed by atoms with E-state index in [0.717, 1.165) is 0 Å². The number of amides is 1. The summed E-state index contributed by atoms with van der Waals surface area (Å²) in [5.41, 5.74) is 5.13. The Morgan fingerprint density at radius 1 is 1.07 bits per heavy atom. The first-order valence-electron chi connectivity index (χ1n) is 3.97. The summed E-state index contributed by atoms with van der Waals surface area (Å²) in [5.74, 6) is -0.691. The van der Waals surface area contributed by atoms with Crippen molar-refractivity contribution in [2.45, 2.75) is 0 Å². The van der Waals surface area contributed by atoms with Crippen molar-refractivity contribution < 1.29 is 19.0 Å². The zero-order valence-electron chi connectivity index (χ0n) is 8.60. The van der Waals surface area contributed by atoms with Crippen LogP contribution in [0.3, 0.4) is 0 Å². The fourth-order valence-electron chi connectivity index (χ4n) is 1.000. The molecule has 0 spiro atoms. The third kappa shape index (κ3) is 2.06. The van der Waals surface area contributed by atoms with Gasteiger partial charge in [0.25, 0.3) is 5.91 Å². The van der Waals surface area contributed by atoms with Gasteiger partial charge in [0.05, 0.1) is 21.3 Å². The van der Waals surface area contributed by atoms with Gasteiger partial charge in [-0.2, -0.15) is 9.97 Å². The predicted octanol–water partition coefficient (Wildman–Crippen LogP) is -0.399. The molecule has 1 rings (SSSR count). The lowest BCUT2D eigenvalue weighted by Crippen LogP contribution is -2.16. The van der Waals surface area contributed by atoms with Crippen LogP contribution in [0.25, 0.3) is 0 Å². The average molecular weight is 213 g/mol. The van der Waals surface area contributed by atoms with Crippen LogP contribution in [-0.2, 0) is 0 Å². The van der Waals surface area contributed by atoms with Crippen LogP contribution in [-0.4, -0.2) is 37.2 Å². The molecule has 1 heterocycles. The minimum atomic E-state index is -0.730. The Morgan fingerprint density at radius 3 is 1.80 bits per heavy atom. The molecule has 1 aromatic rings. The summed E-state index contributed by atoms with van der Waals surface area (Å²) >= 11 is 0. The molecule has 0 radical (unpaired) electrons. The topological polar surface area (TPSA) is 96.6 Å². The molecule has 1 aromatic heterocycles. The zero-order valence-corrected chi connectivity index (χ0v) is 8.60. The molecule has 0 bridgehead atoms. The van der Waals surface area contributed by atoms with Crippen LogP contribution in [0.1, 0.15) is 10.4 Å².